The lowest BCUT2D eigenvalue weighted by Crippen LogP contribution is -2.39. The Morgan fingerprint density at radius 2 is 1.78 bits per heavy atom. The molecule has 0 unspecified atom stereocenters. The van der Waals surface area contributed by atoms with Gasteiger partial charge in [-0.1, -0.05) is 11.3 Å². The molecule has 0 bridgehead atoms. The maximum absolute atomic E-state index is 12.8. The first-order chi connectivity index (χ1) is 13.0. The number of aromatic nitrogens is 5. The van der Waals surface area contributed by atoms with Gasteiger partial charge in [-0.2, -0.15) is 4.68 Å². The monoisotopic (exact) mass is 366 g/mol. The Morgan fingerprint density at radius 3 is 2.48 bits per heavy atom. The van der Waals surface area contributed by atoms with Crippen molar-refractivity contribution < 1.29 is 4.79 Å². The molecule has 3 aromatic rings. The van der Waals surface area contributed by atoms with Crippen molar-refractivity contribution in [3.05, 3.63) is 46.0 Å². The van der Waals surface area contributed by atoms with E-state index >= 15 is 0 Å². The number of amides is 1. The second-order valence-corrected chi connectivity index (χ2v) is 7.14. The minimum absolute atomic E-state index is 0.0157. The summed E-state index contributed by atoms with van der Waals surface area (Å²) in [5, 5.41) is 8.14. The number of hydrogen-bond acceptors (Lipinski definition) is 5. The third kappa shape index (κ3) is 3.34. The molecule has 8 heteroatoms. The topological polar surface area (TPSA) is 85.9 Å². The predicted molar refractivity (Wildman–Crippen MR) is 101 cm³/mol. The number of rotatable bonds is 3. The van der Waals surface area contributed by atoms with Crippen LogP contribution in [0.25, 0.3) is 16.9 Å². The third-order valence-electron chi connectivity index (χ3n) is 4.89. The van der Waals surface area contributed by atoms with Crippen molar-refractivity contribution in [1.82, 2.24) is 29.4 Å². The first-order valence-electron chi connectivity index (χ1n) is 9.20. The molecule has 0 N–H and O–H groups in total. The van der Waals surface area contributed by atoms with E-state index in [0.717, 1.165) is 49.2 Å². The van der Waals surface area contributed by atoms with Gasteiger partial charge in [-0.15, -0.1) is 5.10 Å². The molecule has 0 radical (unpaired) electrons. The van der Waals surface area contributed by atoms with Gasteiger partial charge in [-0.3, -0.25) is 14.2 Å². The summed E-state index contributed by atoms with van der Waals surface area (Å²) in [5.74, 6) is -0.0559. The molecule has 8 nitrogen and oxygen atoms in total. The van der Waals surface area contributed by atoms with Gasteiger partial charge >= 0.3 is 0 Å². The van der Waals surface area contributed by atoms with Crippen molar-refractivity contribution in [2.24, 2.45) is 0 Å². The highest BCUT2D eigenvalue weighted by Crippen LogP contribution is 2.16. The molecule has 0 aliphatic carbocycles. The molecule has 1 aromatic carbocycles. The summed E-state index contributed by atoms with van der Waals surface area (Å²) in [6, 6.07) is 6.00. The Labute approximate surface area is 156 Å². The lowest BCUT2D eigenvalue weighted by Gasteiger charge is -2.26. The highest BCUT2D eigenvalue weighted by atomic mass is 16.2. The van der Waals surface area contributed by atoms with E-state index in [4.69, 9.17) is 0 Å². The number of carbonyl (C=O) groups excluding carboxylic acids is 1. The van der Waals surface area contributed by atoms with Gasteiger partial charge in [0.25, 0.3) is 5.56 Å². The van der Waals surface area contributed by atoms with Gasteiger partial charge in [0.1, 0.15) is 12.9 Å². The summed E-state index contributed by atoms with van der Waals surface area (Å²) in [7, 11) is 0. The van der Waals surface area contributed by atoms with Crippen molar-refractivity contribution in [2.45, 2.75) is 39.7 Å². The fraction of sp³-hybridized carbons (Fsp3) is 0.421. The van der Waals surface area contributed by atoms with Gasteiger partial charge in [-0.25, -0.2) is 4.98 Å². The van der Waals surface area contributed by atoms with Crippen LogP contribution in [0.2, 0.25) is 0 Å². The average molecular weight is 366 g/mol. The zero-order chi connectivity index (χ0) is 19.0. The van der Waals surface area contributed by atoms with Gasteiger partial charge in [0.2, 0.25) is 5.91 Å². The molecular formula is C19H22N6O2. The van der Waals surface area contributed by atoms with E-state index in [0.29, 0.717) is 5.65 Å². The van der Waals surface area contributed by atoms with Gasteiger partial charge in [-0.05, 0) is 56.4 Å². The SMILES string of the molecule is Cc1cc(C)cc(-n2nnc3c(=O)n(CC(=O)N4CCCCC4)cnc32)c1. The molecule has 27 heavy (non-hydrogen) atoms. The lowest BCUT2D eigenvalue weighted by molar-refractivity contribution is -0.132. The zero-order valence-electron chi connectivity index (χ0n) is 15.6. The van der Waals surface area contributed by atoms with E-state index in [2.05, 4.69) is 21.4 Å². The fourth-order valence-electron chi connectivity index (χ4n) is 3.59. The fourth-order valence-corrected chi connectivity index (χ4v) is 3.59. The summed E-state index contributed by atoms with van der Waals surface area (Å²) in [6.07, 6.45) is 4.60. The maximum atomic E-state index is 12.8. The first kappa shape index (κ1) is 17.4. The minimum atomic E-state index is -0.346. The van der Waals surface area contributed by atoms with Crippen LogP contribution < -0.4 is 5.56 Å². The zero-order valence-corrected chi connectivity index (χ0v) is 15.6. The molecule has 0 saturated carbocycles. The van der Waals surface area contributed by atoms with Crippen LogP contribution in [0.3, 0.4) is 0 Å². The van der Waals surface area contributed by atoms with Crippen LogP contribution in [0.1, 0.15) is 30.4 Å². The smallest absolute Gasteiger partial charge is 0.284 e. The number of piperidine rings is 1. The van der Waals surface area contributed by atoms with Gasteiger partial charge in [0.15, 0.2) is 11.2 Å². The molecule has 3 heterocycles. The Morgan fingerprint density at radius 1 is 1.07 bits per heavy atom. The molecule has 1 saturated heterocycles. The number of hydrogen-bond donors (Lipinski definition) is 0. The predicted octanol–water partition coefficient (Wildman–Crippen LogP) is 1.61. The second kappa shape index (κ2) is 6.94. The largest absolute Gasteiger partial charge is 0.341 e. The molecule has 1 aliphatic rings. The minimum Gasteiger partial charge on any atom is -0.341 e. The molecule has 1 aliphatic heterocycles. The highest BCUT2D eigenvalue weighted by molar-refractivity contribution is 5.77. The van der Waals surface area contributed by atoms with Gasteiger partial charge in [0.05, 0.1) is 5.69 Å². The number of nitrogens with zero attached hydrogens (tertiary/aromatic N) is 6. The molecule has 0 atom stereocenters. The third-order valence-corrected chi connectivity index (χ3v) is 4.89. The number of aryl methyl sites for hydroxylation is 2. The van der Waals surface area contributed by atoms with Crippen molar-refractivity contribution in [1.29, 1.82) is 0 Å². The van der Waals surface area contributed by atoms with Crippen LogP contribution in [0.15, 0.2) is 29.3 Å². The van der Waals surface area contributed by atoms with E-state index in [1.165, 1.54) is 10.9 Å². The van der Waals surface area contributed by atoms with Gasteiger partial charge in [0, 0.05) is 13.1 Å². The highest BCUT2D eigenvalue weighted by Gasteiger charge is 2.19. The Kier molecular flexibility index (Phi) is 4.47. The molecular weight excluding hydrogens is 344 g/mol. The van der Waals surface area contributed by atoms with Crippen LogP contribution in [-0.4, -0.2) is 48.4 Å². The Balaban J connectivity index is 1.67. The molecule has 1 amide bonds. The number of likely N-dealkylation sites (tertiary alicyclic amines) is 1. The van der Waals surface area contributed by atoms with Crippen molar-refractivity contribution >= 4 is 17.1 Å². The summed E-state index contributed by atoms with van der Waals surface area (Å²) in [6.45, 7) is 5.50. The van der Waals surface area contributed by atoms with Crippen LogP contribution in [0.5, 0.6) is 0 Å². The number of carbonyl (C=O) groups is 1. The normalized spacial score (nSPS) is 14.7. The van der Waals surface area contributed by atoms with Crippen molar-refractivity contribution in [3.8, 4) is 5.69 Å². The van der Waals surface area contributed by atoms with Crippen LogP contribution in [0.4, 0.5) is 0 Å². The first-order valence-corrected chi connectivity index (χ1v) is 9.20. The summed E-state index contributed by atoms with van der Waals surface area (Å²) >= 11 is 0. The summed E-state index contributed by atoms with van der Waals surface area (Å²) in [5.41, 5.74) is 3.21. The van der Waals surface area contributed by atoms with Crippen molar-refractivity contribution in [2.75, 3.05) is 13.1 Å². The molecule has 0 spiro atoms. The molecule has 4 rings (SSSR count). The van der Waals surface area contributed by atoms with E-state index in [1.807, 2.05) is 30.9 Å². The number of fused-ring (bicyclic) bond motifs is 1. The maximum Gasteiger partial charge on any atom is 0.284 e. The Hall–Kier alpha value is -3.03. The van der Waals surface area contributed by atoms with Crippen LogP contribution in [0, 0.1) is 13.8 Å². The van der Waals surface area contributed by atoms with E-state index in [9.17, 15) is 9.59 Å². The quantitative estimate of drug-likeness (QED) is 0.703. The molecule has 1 fully saturated rings. The van der Waals surface area contributed by atoms with Crippen LogP contribution in [-0.2, 0) is 11.3 Å². The Bertz CT molecular complexity index is 1040. The van der Waals surface area contributed by atoms with Crippen molar-refractivity contribution in [3.63, 3.8) is 0 Å². The molecule has 2 aromatic heterocycles. The average Bonchev–Trinajstić information content (AvgIpc) is 3.09. The van der Waals surface area contributed by atoms with E-state index in [-0.39, 0.29) is 23.5 Å². The lowest BCUT2D eigenvalue weighted by atomic mass is 10.1. The summed E-state index contributed by atoms with van der Waals surface area (Å²) in [4.78, 5) is 31.4. The number of benzene rings is 1. The van der Waals surface area contributed by atoms with Crippen LogP contribution >= 0.6 is 0 Å². The second-order valence-electron chi connectivity index (χ2n) is 7.14. The standard InChI is InChI=1S/C19H22N6O2/c1-13-8-14(2)10-15(9-13)25-18-17(21-22-25)19(27)24(12-20-18)11-16(26)23-6-4-3-5-7-23/h8-10,12H,3-7,11H2,1-2H3. The summed E-state index contributed by atoms with van der Waals surface area (Å²) < 4.78 is 2.88. The molecule has 140 valence electrons. The van der Waals surface area contributed by atoms with Gasteiger partial charge < -0.3 is 4.90 Å². The van der Waals surface area contributed by atoms with E-state index < -0.39 is 0 Å². The van der Waals surface area contributed by atoms with E-state index in [1.54, 1.807) is 4.68 Å².